The third-order valence-electron chi connectivity index (χ3n) is 3.35. The number of morpholine rings is 1. The van der Waals surface area contributed by atoms with Gasteiger partial charge in [-0.2, -0.15) is 0 Å². The van der Waals surface area contributed by atoms with E-state index in [2.05, 4.69) is 14.9 Å². The van der Waals surface area contributed by atoms with Crippen molar-refractivity contribution in [2.75, 3.05) is 37.5 Å². The normalized spacial score (nSPS) is 21.9. The maximum Gasteiger partial charge on any atom is 0.184 e. The maximum absolute atomic E-state index is 11.5. The fraction of sp³-hybridized carbons (Fsp3) is 0.667. The molecule has 0 bridgehead atoms. The Kier molecular flexibility index (Phi) is 3.29. The van der Waals surface area contributed by atoms with Crippen LogP contribution >= 0.6 is 0 Å². The van der Waals surface area contributed by atoms with Crippen molar-refractivity contribution < 1.29 is 17.9 Å². The van der Waals surface area contributed by atoms with Crippen LogP contribution in [0.1, 0.15) is 11.5 Å². The van der Waals surface area contributed by atoms with E-state index in [0.29, 0.717) is 42.9 Å². The fourth-order valence-electron chi connectivity index (χ4n) is 2.54. The topological polar surface area (TPSA) is 81.6 Å². The molecule has 2 aliphatic heterocycles. The zero-order valence-electron chi connectivity index (χ0n) is 11.5. The first kappa shape index (κ1) is 13.6. The van der Waals surface area contributed by atoms with Crippen molar-refractivity contribution in [3.63, 3.8) is 0 Å². The monoisotopic (exact) mass is 299 g/mol. The summed E-state index contributed by atoms with van der Waals surface area (Å²) < 4.78 is 34.2. The largest absolute Gasteiger partial charge is 0.486 e. The van der Waals surface area contributed by atoms with Gasteiger partial charge in [0.15, 0.2) is 21.4 Å². The molecule has 0 unspecified atom stereocenters. The highest BCUT2D eigenvalue weighted by atomic mass is 32.2. The summed E-state index contributed by atoms with van der Waals surface area (Å²) in [6.07, 6.45) is 1.19. The van der Waals surface area contributed by atoms with E-state index >= 15 is 0 Å². The lowest BCUT2D eigenvalue weighted by molar-refractivity contribution is 0.0692. The number of aryl methyl sites for hydroxylation is 1. The molecule has 0 radical (unpaired) electrons. The Morgan fingerprint density at radius 3 is 2.90 bits per heavy atom. The number of rotatable bonds is 2. The van der Waals surface area contributed by atoms with Crippen molar-refractivity contribution in [1.82, 2.24) is 9.97 Å². The van der Waals surface area contributed by atoms with Gasteiger partial charge in [-0.05, 0) is 6.92 Å². The van der Waals surface area contributed by atoms with Crippen LogP contribution in [0.3, 0.4) is 0 Å². The molecule has 20 heavy (non-hydrogen) atoms. The molecule has 0 N–H and O–H groups in total. The van der Waals surface area contributed by atoms with Crippen LogP contribution in [0.15, 0.2) is 0 Å². The Bertz CT molecular complexity index is 632. The minimum absolute atomic E-state index is 0.131. The fourth-order valence-corrected chi connectivity index (χ4v) is 3.24. The lowest BCUT2D eigenvalue weighted by Gasteiger charge is -2.40. The minimum Gasteiger partial charge on any atom is -0.486 e. The first-order valence-electron chi connectivity index (χ1n) is 6.46. The molecule has 1 aromatic heterocycles. The van der Waals surface area contributed by atoms with E-state index in [-0.39, 0.29) is 11.8 Å². The van der Waals surface area contributed by atoms with Crippen LogP contribution in [0.5, 0.6) is 5.75 Å². The number of sulfone groups is 1. The second-order valence-electron chi connectivity index (χ2n) is 5.17. The van der Waals surface area contributed by atoms with Crippen molar-refractivity contribution >= 4 is 15.7 Å². The molecule has 2 aliphatic rings. The zero-order chi connectivity index (χ0) is 14.3. The lowest BCUT2D eigenvalue weighted by atomic mass is 10.2. The smallest absolute Gasteiger partial charge is 0.184 e. The van der Waals surface area contributed by atoms with Gasteiger partial charge >= 0.3 is 0 Å². The van der Waals surface area contributed by atoms with E-state index in [0.717, 1.165) is 6.54 Å². The third kappa shape index (κ3) is 2.57. The Labute approximate surface area is 117 Å². The highest BCUT2D eigenvalue weighted by Gasteiger charge is 2.34. The van der Waals surface area contributed by atoms with E-state index in [1.807, 2.05) is 0 Å². The van der Waals surface area contributed by atoms with E-state index < -0.39 is 9.84 Å². The average Bonchev–Trinajstić information content (AvgIpc) is 2.36. The number of hydrogen-bond acceptors (Lipinski definition) is 7. The third-order valence-corrected chi connectivity index (χ3v) is 4.15. The van der Waals surface area contributed by atoms with E-state index in [1.165, 1.54) is 6.26 Å². The van der Waals surface area contributed by atoms with Crippen molar-refractivity contribution in [3.05, 3.63) is 11.5 Å². The molecule has 0 amide bonds. The molecule has 0 aromatic carbocycles. The van der Waals surface area contributed by atoms with Gasteiger partial charge in [0.1, 0.15) is 18.1 Å². The van der Waals surface area contributed by atoms with Gasteiger partial charge in [0.05, 0.1) is 25.0 Å². The van der Waals surface area contributed by atoms with Crippen LogP contribution in [0.25, 0.3) is 0 Å². The first-order valence-corrected chi connectivity index (χ1v) is 8.52. The molecule has 110 valence electrons. The first-order chi connectivity index (χ1) is 9.44. The van der Waals surface area contributed by atoms with Crippen LogP contribution in [0, 0.1) is 6.92 Å². The molecule has 0 saturated carbocycles. The van der Waals surface area contributed by atoms with Gasteiger partial charge in [0.25, 0.3) is 0 Å². The lowest BCUT2D eigenvalue weighted by Crippen LogP contribution is -2.51. The number of nitrogens with zero attached hydrogens (tertiary/aromatic N) is 3. The SMILES string of the molecule is Cc1nc(CS(C)(=O)=O)c2c(n1)N1CCOC[C@H]1CO2. The summed E-state index contributed by atoms with van der Waals surface area (Å²) in [5.41, 5.74) is 0.444. The van der Waals surface area contributed by atoms with Crippen LogP contribution in [-0.2, 0) is 20.3 Å². The van der Waals surface area contributed by atoms with Gasteiger partial charge in [-0.15, -0.1) is 0 Å². The van der Waals surface area contributed by atoms with Gasteiger partial charge in [-0.3, -0.25) is 0 Å². The molecular formula is C12H17N3O4S. The molecule has 1 saturated heterocycles. The summed E-state index contributed by atoms with van der Waals surface area (Å²) >= 11 is 0. The molecule has 7 nitrogen and oxygen atoms in total. The Hall–Kier alpha value is -1.41. The molecular weight excluding hydrogens is 282 g/mol. The quantitative estimate of drug-likeness (QED) is 0.756. The summed E-state index contributed by atoms with van der Waals surface area (Å²) in [6, 6.07) is 0.136. The van der Waals surface area contributed by atoms with Gasteiger partial charge in [0, 0.05) is 12.8 Å². The minimum atomic E-state index is -3.17. The predicted octanol–water partition coefficient (Wildman–Crippen LogP) is -0.0728. The number of hydrogen-bond donors (Lipinski definition) is 0. The Balaban J connectivity index is 2.05. The molecule has 3 rings (SSSR count). The second kappa shape index (κ2) is 4.85. The molecule has 0 spiro atoms. The molecule has 1 atom stereocenters. The van der Waals surface area contributed by atoms with Crippen molar-refractivity contribution in [1.29, 1.82) is 0 Å². The molecule has 1 fully saturated rings. The average molecular weight is 299 g/mol. The maximum atomic E-state index is 11.5. The molecule has 8 heteroatoms. The summed E-state index contributed by atoms with van der Waals surface area (Å²) in [5.74, 6) is 1.61. The van der Waals surface area contributed by atoms with E-state index in [4.69, 9.17) is 9.47 Å². The van der Waals surface area contributed by atoms with Crippen LogP contribution in [0.2, 0.25) is 0 Å². The Morgan fingerprint density at radius 1 is 1.35 bits per heavy atom. The summed E-state index contributed by atoms with van der Waals surface area (Å²) in [4.78, 5) is 10.8. The van der Waals surface area contributed by atoms with Crippen LogP contribution in [-0.4, -0.2) is 57.0 Å². The van der Waals surface area contributed by atoms with Crippen molar-refractivity contribution in [2.24, 2.45) is 0 Å². The number of ether oxygens (including phenoxy) is 2. The number of aromatic nitrogens is 2. The molecule has 1 aromatic rings. The number of anilines is 1. The van der Waals surface area contributed by atoms with Crippen LogP contribution in [0.4, 0.5) is 5.82 Å². The second-order valence-corrected chi connectivity index (χ2v) is 7.31. The van der Waals surface area contributed by atoms with Gasteiger partial charge in [-0.25, -0.2) is 18.4 Å². The van der Waals surface area contributed by atoms with Crippen LogP contribution < -0.4 is 9.64 Å². The van der Waals surface area contributed by atoms with Gasteiger partial charge in [-0.1, -0.05) is 0 Å². The summed E-state index contributed by atoms with van der Waals surface area (Å²) in [7, 11) is -3.17. The highest BCUT2D eigenvalue weighted by molar-refractivity contribution is 7.89. The standard InChI is InChI=1S/C12H17N3O4S/c1-8-13-10(7-20(2,16)17)11-12(14-8)15-3-4-18-5-9(15)6-19-11/h9H,3-7H2,1-2H3/t9-/m0/s1. The summed E-state index contributed by atoms with van der Waals surface area (Å²) in [5, 5.41) is 0. The zero-order valence-corrected chi connectivity index (χ0v) is 12.3. The van der Waals surface area contributed by atoms with Gasteiger partial charge < -0.3 is 14.4 Å². The predicted molar refractivity (Wildman–Crippen MR) is 72.8 cm³/mol. The van der Waals surface area contributed by atoms with Crippen molar-refractivity contribution in [2.45, 2.75) is 18.7 Å². The molecule has 0 aliphatic carbocycles. The van der Waals surface area contributed by atoms with Gasteiger partial charge in [0.2, 0.25) is 0 Å². The summed E-state index contributed by atoms with van der Waals surface area (Å²) in [6.45, 7) is 4.20. The van der Waals surface area contributed by atoms with E-state index in [1.54, 1.807) is 6.92 Å². The highest BCUT2D eigenvalue weighted by Crippen LogP contribution is 2.36. The molecule has 3 heterocycles. The van der Waals surface area contributed by atoms with E-state index in [9.17, 15) is 8.42 Å². The Morgan fingerprint density at radius 2 is 2.15 bits per heavy atom. The number of fused-ring (bicyclic) bond motifs is 3. The van der Waals surface area contributed by atoms with Crippen molar-refractivity contribution in [3.8, 4) is 5.75 Å².